The summed E-state index contributed by atoms with van der Waals surface area (Å²) >= 11 is 1.70. The lowest BCUT2D eigenvalue weighted by atomic mass is 9.83. The number of hydrogen-bond donors (Lipinski definition) is 1. The van der Waals surface area contributed by atoms with Crippen LogP contribution in [0.4, 0.5) is 0 Å². The first-order valence-electron chi connectivity index (χ1n) is 13.0. The van der Waals surface area contributed by atoms with Crippen molar-refractivity contribution in [3.8, 4) is 0 Å². The molecule has 1 aromatic carbocycles. The number of nitrogens with one attached hydrogen (secondary N) is 1. The molecule has 1 amide bonds. The maximum Gasteiger partial charge on any atom is 0.281 e. The number of benzene rings is 1. The maximum atomic E-state index is 13.9. The maximum absolute atomic E-state index is 13.9. The molecule has 1 aliphatic rings. The highest BCUT2D eigenvalue weighted by Crippen LogP contribution is 2.42. The van der Waals surface area contributed by atoms with Gasteiger partial charge in [0.25, 0.3) is 5.56 Å². The third-order valence-electron chi connectivity index (χ3n) is 6.88. The molecule has 1 N–H and O–H groups in total. The van der Waals surface area contributed by atoms with Gasteiger partial charge in [-0.2, -0.15) is 0 Å². The van der Waals surface area contributed by atoms with Crippen LogP contribution in [-0.2, 0) is 24.1 Å². The molecule has 0 fully saturated rings. The van der Waals surface area contributed by atoms with Crippen molar-refractivity contribution in [3.05, 3.63) is 62.5 Å². The van der Waals surface area contributed by atoms with Crippen molar-refractivity contribution < 1.29 is 4.79 Å². The van der Waals surface area contributed by atoms with E-state index in [0.29, 0.717) is 18.2 Å². The highest BCUT2D eigenvalue weighted by molar-refractivity contribution is 7.18. The number of carbonyl (C=O) groups is 1. The summed E-state index contributed by atoms with van der Waals surface area (Å²) in [7, 11) is 0. The third kappa shape index (κ3) is 5.60. The summed E-state index contributed by atoms with van der Waals surface area (Å²) in [6.07, 6.45) is 12.2. The Hall–Kier alpha value is -2.47. The van der Waals surface area contributed by atoms with Crippen LogP contribution < -0.4 is 11.0 Å². The molecular formula is C28H37N3O2S. The third-order valence-corrected chi connectivity index (χ3v) is 8.04. The van der Waals surface area contributed by atoms with E-state index in [1.807, 2.05) is 30.3 Å². The molecule has 0 bridgehead atoms. The Balaban J connectivity index is 1.71. The quantitative estimate of drug-likeness (QED) is 0.319. The number of fused-ring (bicyclic) bond motifs is 3. The fourth-order valence-corrected chi connectivity index (χ4v) is 6.43. The first-order valence-corrected chi connectivity index (χ1v) is 13.8. The number of unbranched alkanes of at least 4 members (excludes halogenated alkanes) is 4. The van der Waals surface area contributed by atoms with Gasteiger partial charge in [0.1, 0.15) is 10.7 Å². The molecule has 0 aliphatic heterocycles. The first-order chi connectivity index (χ1) is 16.6. The van der Waals surface area contributed by atoms with Crippen molar-refractivity contribution in [2.24, 2.45) is 0 Å². The lowest BCUT2D eigenvalue weighted by Gasteiger charge is -2.23. The monoisotopic (exact) mass is 479 g/mol. The molecule has 3 aromatic rings. The lowest BCUT2D eigenvalue weighted by Crippen LogP contribution is -2.37. The van der Waals surface area contributed by atoms with Crippen LogP contribution in [0.3, 0.4) is 0 Å². The normalized spacial score (nSPS) is 15.4. The summed E-state index contributed by atoms with van der Waals surface area (Å²) in [4.78, 5) is 34.0. The molecular weight excluding hydrogens is 442 g/mol. The minimum Gasteiger partial charge on any atom is -0.273 e. The van der Waals surface area contributed by atoms with Gasteiger partial charge in [0.15, 0.2) is 0 Å². The summed E-state index contributed by atoms with van der Waals surface area (Å²) < 4.78 is 1.47. The summed E-state index contributed by atoms with van der Waals surface area (Å²) in [6, 6.07) is 9.65. The van der Waals surface area contributed by atoms with Gasteiger partial charge in [-0.15, -0.1) is 11.3 Å². The Morgan fingerprint density at radius 3 is 2.65 bits per heavy atom. The van der Waals surface area contributed by atoms with Crippen molar-refractivity contribution in [1.82, 2.24) is 9.66 Å². The molecule has 1 atom stereocenters. The van der Waals surface area contributed by atoms with Crippen molar-refractivity contribution in [2.45, 2.75) is 96.8 Å². The van der Waals surface area contributed by atoms with Crippen molar-refractivity contribution in [3.63, 3.8) is 0 Å². The van der Waals surface area contributed by atoms with Gasteiger partial charge in [-0.3, -0.25) is 15.0 Å². The van der Waals surface area contributed by atoms with E-state index in [9.17, 15) is 9.59 Å². The number of hydrogen-bond acceptors (Lipinski definition) is 4. The Kier molecular flexibility index (Phi) is 8.54. The van der Waals surface area contributed by atoms with Gasteiger partial charge < -0.3 is 0 Å². The molecule has 0 saturated carbocycles. The largest absolute Gasteiger partial charge is 0.281 e. The first kappa shape index (κ1) is 24.6. The van der Waals surface area contributed by atoms with Crippen molar-refractivity contribution >= 4 is 27.5 Å². The van der Waals surface area contributed by atoms with Crippen LogP contribution in [-0.4, -0.2) is 15.6 Å². The van der Waals surface area contributed by atoms with E-state index < -0.39 is 0 Å². The molecule has 1 aliphatic carbocycles. The van der Waals surface area contributed by atoms with E-state index >= 15 is 0 Å². The van der Waals surface area contributed by atoms with Crippen LogP contribution in [0.25, 0.3) is 10.2 Å². The number of thiophene rings is 1. The second kappa shape index (κ2) is 11.8. The number of rotatable bonds is 11. The Labute approximate surface area is 206 Å². The van der Waals surface area contributed by atoms with E-state index in [1.54, 1.807) is 11.3 Å². The molecule has 0 spiro atoms. The van der Waals surface area contributed by atoms with Crippen LogP contribution in [0.5, 0.6) is 0 Å². The molecule has 5 nitrogen and oxygen atoms in total. The van der Waals surface area contributed by atoms with E-state index in [1.165, 1.54) is 40.8 Å². The zero-order chi connectivity index (χ0) is 23.9. The molecule has 0 saturated heterocycles. The smallest absolute Gasteiger partial charge is 0.273 e. The molecule has 1 unspecified atom stereocenters. The number of aryl methyl sites for hydroxylation is 2. The fraction of sp³-hybridized carbons (Fsp3) is 0.536. The lowest BCUT2D eigenvalue weighted by molar-refractivity contribution is -0.116. The number of carbonyl (C=O) groups excluding carboxylic acids is 1. The minimum atomic E-state index is -0.185. The fourth-order valence-electron chi connectivity index (χ4n) is 5.12. The van der Waals surface area contributed by atoms with Gasteiger partial charge in [0.05, 0.1) is 11.8 Å². The SMILES string of the molecule is CCCCCc1nc2sc3c(c2c(=O)n1NC(=O)Cc1ccccc1)C(CCCCC)CCC3. The second-order valence-corrected chi connectivity index (χ2v) is 10.6. The van der Waals surface area contributed by atoms with Gasteiger partial charge in [-0.25, -0.2) is 9.66 Å². The van der Waals surface area contributed by atoms with Gasteiger partial charge in [-0.05, 0) is 49.1 Å². The predicted octanol–water partition coefficient (Wildman–Crippen LogP) is 6.50. The van der Waals surface area contributed by atoms with E-state index in [-0.39, 0.29) is 17.9 Å². The molecule has 6 heteroatoms. The Morgan fingerprint density at radius 2 is 1.88 bits per heavy atom. The second-order valence-electron chi connectivity index (χ2n) is 9.53. The van der Waals surface area contributed by atoms with Crippen molar-refractivity contribution in [2.75, 3.05) is 5.43 Å². The standard InChI is InChI=1S/C28H37N3O2S/c1-3-5-8-15-21-16-12-17-22-25(21)26-27(34-22)29-23(18-9-6-4-2)31(28(26)33)30-24(32)19-20-13-10-7-11-14-20/h7,10-11,13-14,21H,3-6,8-9,12,15-19H2,1-2H3,(H,30,32). The molecule has 34 heavy (non-hydrogen) atoms. The number of aromatic nitrogens is 2. The summed E-state index contributed by atoms with van der Waals surface area (Å²) in [5, 5.41) is 0.750. The summed E-state index contributed by atoms with van der Waals surface area (Å²) in [5.74, 6) is 0.918. The van der Waals surface area contributed by atoms with E-state index in [4.69, 9.17) is 4.98 Å². The number of nitrogens with zero attached hydrogens (tertiary/aromatic N) is 2. The van der Waals surface area contributed by atoms with Gasteiger partial charge >= 0.3 is 0 Å². The zero-order valence-electron chi connectivity index (χ0n) is 20.6. The van der Waals surface area contributed by atoms with Crippen LogP contribution in [0.1, 0.15) is 99.4 Å². The van der Waals surface area contributed by atoms with Gasteiger partial charge in [-0.1, -0.05) is 76.3 Å². The topological polar surface area (TPSA) is 64.0 Å². The molecule has 0 radical (unpaired) electrons. The van der Waals surface area contributed by atoms with Crippen LogP contribution >= 0.6 is 11.3 Å². The van der Waals surface area contributed by atoms with Gasteiger partial charge in [0.2, 0.25) is 5.91 Å². The molecule has 4 rings (SSSR count). The zero-order valence-corrected chi connectivity index (χ0v) is 21.4. The highest BCUT2D eigenvalue weighted by atomic mass is 32.1. The Bertz CT molecular complexity index is 1170. The van der Waals surface area contributed by atoms with Gasteiger partial charge in [0, 0.05) is 11.3 Å². The van der Waals surface area contributed by atoms with E-state index in [0.717, 1.165) is 54.3 Å². The van der Waals surface area contributed by atoms with Crippen LogP contribution in [0, 0.1) is 0 Å². The average molecular weight is 480 g/mol. The minimum absolute atomic E-state index is 0.0993. The van der Waals surface area contributed by atoms with Crippen LogP contribution in [0.15, 0.2) is 35.1 Å². The van der Waals surface area contributed by atoms with Crippen LogP contribution in [0.2, 0.25) is 0 Å². The highest BCUT2D eigenvalue weighted by Gasteiger charge is 2.28. The predicted molar refractivity (Wildman–Crippen MR) is 141 cm³/mol. The number of amides is 1. The summed E-state index contributed by atoms with van der Waals surface area (Å²) in [5.41, 5.74) is 4.98. The summed E-state index contributed by atoms with van der Waals surface area (Å²) in [6.45, 7) is 4.39. The molecule has 2 aromatic heterocycles. The van der Waals surface area contributed by atoms with E-state index in [2.05, 4.69) is 19.3 Å². The molecule has 182 valence electrons. The van der Waals surface area contributed by atoms with Crippen molar-refractivity contribution in [1.29, 1.82) is 0 Å². The average Bonchev–Trinajstić information content (AvgIpc) is 3.22. The Morgan fingerprint density at radius 1 is 1.12 bits per heavy atom. The molecule has 2 heterocycles.